The van der Waals surface area contributed by atoms with Crippen LogP contribution < -0.4 is 9.64 Å². The molecule has 0 bridgehead atoms. The van der Waals surface area contributed by atoms with Crippen LogP contribution in [0, 0.1) is 0 Å². The number of benzene rings is 2. The first-order valence-electron chi connectivity index (χ1n) is 8.36. The molecule has 1 fully saturated rings. The van der Waals surface area contributed by atoms with Crippen molar-refractivity contribution in [2.24, 2.45) is 0 Å². The van der Waals surface area contributed by atoms with Crippen LogP contribution in [-0.4, -0.2) is 36.9 Å². The lowest BCUT2D eigenvalue weighted by molar-refractivity contribution is -0.132. The summed E-state index contributed by atoms with van der Waals surface area (Å²) in [6.45, 7) is 0.504. The molecule has 1 saturated heterocycles. The molecule has 1 heterocycles. The Hall–Kier alpha value is -2.82. The second-order valence-electron chi connectivity index (χ2n) is 6.22. The Morgan fingerprint density at radius 1 is 1.16 bits per heavy atom. The van der Waals surface area contributed by atoms with E-state index in [4.69, 9.17) is 4.74 Å². The van der Waals surface area contributed by atoms with Crippen LogP contribution in [0.15, 0.2) is 54.6 Å². The van der Waals surface area contributed by atoms with Gasteiger partial charge in [0.15, 0.2) is 0 Å². The van der Waals surface area contributed by atoms with Gasteiger partial charge in [0, 0.05) is 26.2 Å². The zero-order chi connectivity index (χ0) is 17.8. The maximum absolute atomic E-state index is 12.6. The summed E-state index contributed by atoms with van der Waals surface area (Å²) in [4.78, 5) is 27.4. The molecule has 0 spiro atoms. The third-order valence-corrected chi connectivity index (χ3v) is 4.58. The van der Waals surface area contributed by atoms with E-state index >= 15 is 0 Å². The average molecular weight is 338 g/mol. The van der Waals surface area contributed by atoms with Crippen molar-refractivity contribution in [2.75, 3.05) is 19.0 Å². The Labute approximate surface area is 147 Å². The van der Waals surface area contributed by atoms with Crippen molar-refractivity contribution >= 4 is 17.5 Å². The Bertz CT molecular complexity index is 743. The fourth-order valence-corrected chi connectivity index (χ4v) is 2.95. The number of amides is 2. The van der Waals surface area contributed by atoms with Gasteiger partial charge in [0.25, 0.3) is 0 Å². The van der Waals surface area contributed by atoms with Gasteiger partial charge in [-0.15, -0.1) is 0 Å². The SMILES string of the molecule is CN(C(=O)[C@H]1CCC(=O)N1C)c1ccc(OCc2ccccc2)cc1. The lowest BCUT2D eigenvalue weighted by atomic mass is 10.2. The number of carbonyl (C=O) groups excluding carboxylic acids is 2. The summed E-state index contributed by atoms with van der Waals surface area (Å²) >= 11 is 0. The monoisotopic (exact) mass is 338 g/mol. The smallest absolute Gasteiger partial charge is 0.249 e. The fraction of sp³-hybridized carbons (Fsp3) is 0.300. The lowest BCUT2D eigenvalue weighted by Crippen LogP contribution is -2.43. The van der Waals surface area contributed by atoms with Gasteiger partial charge in [-0.3, -0.25) is 9.59 Å². The van der Waals surface area contributed by atoms with E-state index in [1.54, 1.807) is 19.0 Å². The molecule has 0 unspecified atom stereocenters. The van der Waals surface area contributed by atoms with Crippen LogP contribution in [0.4, 0.5) is 5.69 Å². The maximum Gasteiger partial charge on any atom is 0.249 e. The Balaban J connectivity index is 1.61. The largest absolute Gasteiger partial charge is 0.489 e. The van der Waals surface area contributed by atoms with Gasteiger partial charge in [-0.1, -0.05) is 30.3 Å². The number of anilines is 1. The van der Waals surface area contributed by atoms with E-state index in [0.29, 0.717) is 19.4 Å². The number of hydrogen-bond donors (Lipinski definition) is 0. The Morgan fingerprint density at radius 2 is 1.84 bits per heavy atom. The zero-order valence-electron chi connectivity index (χ0n) is 14.5. The molecule has 2 aromatic carbocycles. The Morgan fingerprint density at radius 3 is 2.44 bits per heavy atom. The van der Waals surface area contributed by atoms with Crippen molar-refractivity contribution in [2.45, 2.75) is 25.5 Å². The standard InChI is InChI=1S/C20H22N2O3/c1-21(20(24)18-12-13-19(23)22(18)2)16-8-10-17(11-9-16)25-14-15-6-4-3-5-7-15/h3-11,18H,12-14H2,1-2H3/t18-/m1/s1. The molecule has 3 rings (SSSR count). The first-order valence-corrected chi connectivity index (χ1v) is 8.36. The third-order valence-electron chi connectivity index (χ3n) is 4.58. The molecule has 1 atom stereocenters. The molecule has 1 aliphatic heterocycles. The van der Waals surface area contributed by atoms with Crippen molar-refractivity contribution in [1.29, 1.82) is 0 Å². The molecule has 1 aliphatic rings. The number of carbonyl (C=O) groups is 2. The minimum Gasteiger partial charge on any atom is -0.489 e. The van der Waals surface area contributed by atoms with Crippen LogP contribution in [0.5, 0.6) is 5.75 Å². The van der Waals surface area contributed by atoms with E-state index in [2.05, 4.69) is 0 Å². The summed E-state index contributed by atoms with van der Waals surface area (Å²) in [6, 6.07) is 17.0. The van der Waals surface area contributed by atoms with Crippen LogP contribution in [-0.2, 0) is 16.2 Å². The summed E-state index contributed by atoms with van der Waals surface area (Å²) in [7, 11) is 3.42. The van der Waals surface area contributed by atoms with Gasteiger partial charge < -0.3 is 14.5 Å². The highest BCUT2D eigenvalue weighted by atomic mass is 16.5. The third kappa shape index (κ3) is 3.82. The normalized spacial score (nSPS) is 16.8. The van der Waals surface area contributed by atoms with Gasteiger partial charge in [-0.25, -0.2) is 0 Å². The molecule has 25 heavy (non-hydrogen) atoms. The molecule has 2 aromatic rings. The van der Waals surface area contributed by atoms with E-state index in [9.17, 15) is 9.59 Å². The van der Waals surface area contributed by atoms with E-state index in [1.165, 1.54) is 4.90 Å². The van der Waals surface area contributed by atoms with Crippen LogP contribution >= 0.6 is 0 Å². The topological polar surface area (TPSA) is 49.9 Å². The summed E-state index contributed by atoms with van der Waals surface area (Å²) in [5, 5.41) is 0. The Kier molecular flexibility index (Phi) is 5.03. The molecule has 5 heteroatoms. The molecule has 0 saturated carbocycles. The van der Waals surface area contributed by atoms with Gasteiger partial charge in [0.05, 0.1) is 0 Å². The molecule has 0 aliphatic carbocycles. The first kappa shape index (κ1) is 17.0. The molecule has 5 nitrogen and oxygen atoms in total. The van der Waals surface area contributed by atoms with Crippen LogP contribution in [0.3, 0.4) is 0 Å². The van der Waals surface area contributed by atoms with Gasteiger partial charge >= 0.3 is 0 Å². The van der Waals surface area contributed by atoms with Crippen LogP contribution in [0.1, 0.15) is 18.4 Å². The van der Waals surface area contributed by atoms with Crippen molar-refractivity contribution in [1.82, 2.24) is 4.90 Å². The van der Waals surface area contributed by atoms with Crippen LogP contribution in [0.25, 0.3) is 0 Å². The maximum atomic E-state index is 12.6. The number of ether oxygens (including phenoxy) is 1. The van der Waals surface area contributed by atoms with E-state index in [0.717, 1.165) is 17.0 Å². The highest BCUT2D eigenvalue weighted by molar-refractivity contribution is 6.00. The van der Waals surface area contributed by atoms with Crippen molar-refractivity contribution in [3.63, 3.8) is 0 Å². The highest BCUT2D eigenvalue weighted by Gasteiger charge is 2.35. The fourth-order valence-electron chi connectivity index (χ4n) is 2.95. The number of likely N-dealkylation sites (tertiary alicyclic amines) is 1. The summed E-state index contributed by atoms with van der Waals surface area (Å²) < 4.78 is 5.76. The van der Waals surface area contributed by atoms with Gasteiger partial charge in [-0.2, -0.15) is 0 Å². The second kappa shape index (κ2) is 7.38. The second-order valence-corrected chi connectivity index (χ2v) is 6.22. The lowest BCUT2D eigenvalue weighted by Gasteiger charge is -2.25. The van der Waals surface area contributed by atoms with Crippen molar-refractivity contribution in [3.05, 3.63) is 60.2 Å². The van der Waals surface area contributed by atoms with Gasteiger partial charge in [-0.05, 0) is 36.2 Å². The van der Waals surface area contributed by atoms with Gasteiger partial charge in [0.1, 0.15) is 18.4 Å². The van der Waals surface area contributed by atoms with Crippen LogP contribution in [0.2, 0.25) is 0 Å². The molecule has 130 valence electrons. The number of likely N-dealkylation sites (N-methyl/N-ethyl adjacent to an activating group) is 2. The van der Waals surface area contributed by atoms with Gasteiger partial charge in [0.2, 0.25) is 11.8 Å². The van der Waals surface area contributed by atoms with E-state index < -0.39 is 0 Å². The summed E-state index contributed by atoms with van der Waals surface area (Å²) in [5.41, 5.74) is 1.89. The molecule has 0 N–H and O–H groups in total. The number of hydrogen-bond acceptors (Lipinski definition) is 3. The quantitative estimate of drug-likeness (QED) is 0.842. The molecule has 0 radical (unpaired) electrons. The first-order chi connectivity index (χ1) is 12.1. The average Bonchev–Trinajstić information content (AvgIpc) is 2.99. The molecule has 2 amide bonds. The molecular weight excluding hydrogens is 316 g/mol. The predicted octanol–water partition coefficient (Wildman–Crippen LogP) is 2.85. The van der Waals surface area contributed by atoms with E-state index in [-0.39, 0.29) is 17.9 Å². The van der Waals surface area contributed by atoms with E-state index in [1.807, 2.05) is 54.6 Å². The molecular formula is C20H22N2O3. The van der Waals surface area contributed by atoms with Crippen molar-refractivity contribution in [3.8, 4) is 5.75 Å². The number of nitrogens with zero attached hydrogens (tertiary/aromatic N) is 2. The zero-order valence-corrected chi connectivity index (χ0v) is 14.5. The number of rotatable bonds is 5. The minimum absolute atomic E-state index is 0.0245. The summed E-state index contributed by atoms with van der Waals surface area (Å²) in [5.74, 6) is 0.712. The molecule has 0 aromatic heterocycles. The highest BCUT2D eigenvalue weighted by Crippen LogP contribution is 2.23. The predicted molar refractivity (Wildman–Crippen MR) is 96.4 cm³/mol. The summed E-state index contributed by atoms with van der Waals surface area (Å²) in [6.07, 6.45) is 1.02. The minimum atomic E-state index is -0.369. The van der Waals surface area contributed by atoms with Crippen molar-refractivity contribution < 1.29 is 14.3 Å².